The average Bonchev–Trinajstić information content (AvgIpc) is 3.82. The summed E-state index contributed by atoms with van der Waals surface area (Å²) in [6.45, 7) is 9.09. The maximum Gasteiger partial charge on any atom is 0.319 e. The van der Waals surface area contributed by atoms with Crippen molar-refractivity contribution >= 4 is 27.5 Å². The highest BCUT2D eigenvalue weighted by Crippen LogP contribution is 2.42. The SMILES string of the molecule is C#Cc1c(F)ccc2cccc(-c3nc4c5c(nc(OCC67CCCN6CCC7)nc5c3F)N3CCNCC3CCC4)c12.CC.COc1nccnc1C(F)F. The van der Waals surface area contributed by atoms with Gasteiger partial charge in [0.1, 0.15) is 29.5 Å². The van der Waals surface area contributed by atoms with Crippen LogP contribution in [0.15, 0.2) is 42.7 Å². The maximum absolute atomic E-state index is 16.9. The van der Waals surface area contributed by atoms with Crippen molar-refractivity contribution in [1.29, 1.82) is 0 Å². The van der Waals surface area contributed by atoms with E-state index in [2.05, 4.69) is 35.7 Å². The van der Waals surface area contributed by atoms with Gasteiger partial charge in [-0.15, -0.1) is 6.42 Å². The molecule has 3 aromatic heterocycles. The highest BCUT2D eigenvalue weighted by atomic mass is 19.3. The lowest BCUT2D eigenvalue weighted by Gasteiger charge is -2.39. The topological polar surface area (TPSA) is 101 Å². The van der Waals surface area contributed by atoms with Crippen LogP contribution in [0.4, 0.5) is 23.4 Å². The molecule has 10 nitrogen and oxygen atoms in total. The molecule has 3 saturated heterocycles. The minimum atomic E-state index is -2.64. The van der Waals surface area contributed by atoms with Gasteiger partial charge in [-0.2, -0.15) is 9.97 Å². The fourth-order valence-corrected chi connectivity index (χ4v) is 8.64. The zero-order valence-electron chi connectivity index (χ0n) is 31.9. The number of methoxy groups -OCH3 is 1. The predicted molar refractivity (Wildman–Crippen MR) is 208 cm³/mol. The van der Waals surface area contributed by atoms with Gasteiger partial charge in [0.25, 0.3) is 6.43 Å². The minimum Gasteiger partial charge on any atom is -0.480 e. The third kappa shape index (κ3) is 7.30. The van der Waals surface area contributed by atoms with Crippen LogP contribution in [0.5, 0.6) is 11.9 Å². The van der Waals surface area contributed by atoms with E-state index in [0.29, 0.717) is 35.2 Å². The Kier molecular flexibility index (Phi) is 11.8. The molecule has 0 bridgehead atoms. The van der Waals surface area contributed by atoms with Crippen LogP contribution in [0.3, 0.4) is 0 Å². The summed E-state index contributed by atoms with van der Waals surface area (Å²) >= 11 is 0. The first-order valence-electron chi connectivity index (χ1n) is 19.4. The Labute approximate surface area is 324 Å². The van der Waals surface area contributed by atoms with Crippen LogP contribution in [-0.4, -0.2) is 87.8 Å². The third-order valence-corrected chi connectivity index (χ3v) is 11.2. The Morgan fingerprint density at radius 3 is 2.50 bits per heavy atom. The normalized spacial score (nSPS) is 18.5. The molecule has 0 radical (unpaired) electrons. The predicted octanol–water partition coefficient (Wildman–Crippen LogP) is 7.68. The van der Waals surface area contributed by atoms with Gasteiger partial charge in [-0.3, -0.25) is 4.90 Å². The van der Waals surface area contributed by atoms with Crippen molar-refractivity contribution in [3.63, 3.8) is 0 Å². The number of pyridine rings is 1. The molecule has 3 fully saturated rings. The molecule has 0 spiro atoms. The molecule has 0 aliphatic carbocycles. The van der Waals surface area contributed by atoms with Gasteiger partial charge in [-0.1, -0.05) is 44.0 Å². The number of aromatic nitrogens is 5. The van der Waals surface area contributed by atoms with Crippen molar-refractivity contribution in [2.24, 2.45) is 0 Å². The van der Waals surface area contributed by atoms with Gasteiger partial charge in [0.2, 0.25) is 5.88 Å². The van der Waals surface area contributed by atoms with E-state index in [4.69, 9.17) is 26.1 Å². The number of benzene rings is 2. The monoisotopic (exact) mass is 770 g/mol. The van der Waals surface area contributed by atoms with Crippen LogP contribution in [0.2, 0.25) is 0 Å². The van der Waals surface area contributed by atoms with Gasteiger partial charge in [-0.05, 0) is 69.5 Å². The van der Waals surface area contributed by atoms with Gasteiger partial charge < -0.3 is 19.7 Å². The van der Waals surface area contributed by atoms with E-state index in [1.54, 1.807) is 12.1 Å². The van der Waals surface area contributed by atoms with Gasteiger partial charge in [0.05, 0.1) is 29.3 Å². The third-order valence-electron chi connectivity index (χ3n) is 11.2. The summed E-state index contributed by atoms with van der Waals surface area (Å²) in [6.07, 6.45) is 12.6. The Morgan fingerprint density at radius 1 is 0.982 bits per heavy atom. The molecule has 4 aliphatic heterocycles. The number of piperazine rings is 1. The number of hydrogen-bond acceptors (Lipinski definition) is 10. The summed E-state index contributed by atoms with van der Waals surface area (Å²) < 4.78 is 66.9. The van der Waals surface area contributed by atoms with Gasteiger partial charge in [0, 0.05) is 49.0 Å². The lowest BCUT2D eigenvalue weighted by molar-refractivity contribution is 0.108. The number of halogens is 4. The summed E-state index contributed by atoms with van der Waals surface area (Å²) in [7, 11) is 1.27. The summed E-state index contributed by atoms with van der Waals surface area (Å²) in [5.41, 5.74) is 1.21. The summed E-state index contributed by atoms with van der Waals surface area (Å²) in [5, 5.41) is 5.35. The number of ether oxygens (including phenoxy) is 2. The number of fused-ring (bicyclic) bond motifs is 4. The largest absolute Gasteiger partial charge is 0.480 e. The molecule has 1 N–H and O–H groups in total. The van der Waals surface area contributed by atoms with E-state index < -0.39 is 23.8 Å². The fourth-order valence-electron chi connectivity index (χ4n) is 8.64. The number of nitrogens with zero attached hydrogens (tertiary/aromatic N) is 7. The van der Waals surface area contributed by atoms with E-state index in [1.807, 2.05) is 26.0 Å². The molecule has 0 saturated carbocycles. The van der Waals surface area contributed by atoms with E-state index >= 15 is 4.39 Å². The Hall–Kier alpha value is -5.13. The summed E-state index contributed by atoms with van der Waals surface area (Å²) in [6, 6.07) is 8.89. The smallest absolute Gasteiger partial charge is 0.319 e. The lowest BCUT2D eigenvalue weighted by Crippen LogP contribution is -2.52. The number of aryl methyl sites for hydroxylation is 1. The van der Waals surface area contributed by atoms with Crippen molar-refractivity contribution < 1.29 is 27.0 Å². The molecule has 294 valence electrons. The maximum atomic E-state index is 16.9. The molecule has 2 aromatic carbocycles. The Balaban J connectivity index is 0.000000318. The molecule has 9 rings (SSSR count). The first kappa shape index (κ1) is 39.1. The molecule has 56 heavy (non-hydrogen) atoms. The van der Waals surface area contributed by atoms with E-state index in [1.165, 1.54) is 25.6 Å². The number of hydrogen-bond donors (Lipinski definition) is 1. The molecule has 4 aliphatic rings. The van der Waals surface area contributed by atoms with Crippen LogP contribution in [-0.2, 0) is 6.42 Å². The minimum absolute atomic E-state index is 0.00720. The standard InChI is InChI=1S/C34H34F2N6O.C6H6F2N2O.C2H6/c1-2-23-25(35)12-11-21-7-3-9-24(27(21)23)30-29(36)31-28-26(38-30)10-4-8-22-19-37-15-18-42(22)32(28)40-33(39-31)43-20-34-13-5-16-41(34)17-6-14-34;1-11-6-4(5(7)8)9-2-3-10-6;1-2/h1,3,7,9,11-12,22,37H,4-6,8,10,13-20H2;2-3,5H,1H3;1-2H3. The van der Waals surface area contributed by atoms with Crippen LogP contribution in [0, 0.1) is 24.0 Å². The number of anilines is 1. The molecule has 7 heterocycles. The van der Waals surface area contributed by atoms with Gasteiger partial charge >= 0.3 is 6.01 Å². The lowest BCUT2D eigenvalue weighted by atomic mass is 9.94. The molecule has 1 atom stereocenters. The second-order valence-electron chi connectivity index (χ2n) is 14.1. The number of terminal acetylenes is 1. The molecular weight excluding hydrogens is 725 g/mol. The average molecular weight is 771 g/mol. The first-order chi connectivity index (χ1) is 27.3. The van der Waals surface area contributed by atoms with Crippen molar-refractivity contribution in [1.82, 2.24) is 35.1 Å². The van der Waals surface area contributed by atoms with Gasteiger partial charge in [0.15, 0.2) is 11.5 Å². The van der Waals surface area contributed by atoms with Crippen molar-refractivity contribution in [2.45, 2.75) is 76.8 Å². The fraction of sp³-hybridized carbons (Fsp3) is 0.452. The molecule has 14 heteroatoms. The van der Waals surface area contributed by atoms with Crippen LogP contribution < -0.4 is 19.7 Å². The Bertz CT molecular complexity index is 2240. The zero-order valence-corrected chi connectivity index (χ0v) is 31.9. The first-order valence-corrected chi connectivity index (χ1v) is 19.4. The van der Waals surface area contributed by atoms with Crippen molar-refractivity contribution in [2.75, 3.05) is 51.3 Å². The second kappa shape index (κ2) is 16.9. The van der Waals surface area contributed by atoms with Crippen LogP contribution >= 0.6 is 0 Å². The van der Waals surface area contributed by atoms with E-state index in [9.17, 15) is 13.2 Å². The number of alkyl halides is 2. The molecular formula is C42H46F4N8O2. The summed E-state index contributed by atoms with van der Waals surface area (Å²) in [4.78, 5) is 26.5. The van der Waals surface area contributed by atoms with Crippen LogP contribution in [0.1, 0.15) is 75.7 Å². The van der Waals surface area contributed by atoms with Crippen LogP contribution in [0.25, 0.3) is 32.9 Å². The molecule has 5 aromatic rings. The number of nitrogens with one attached hydrogen (secondary N) is 1. The molecule has 0 amide bonds. The van der Waals surface area contributed by atoms with Gasteiger partial charge in [-0.25, -0.2) is 32.5 Å². The Morgan fingerprint density at radius 2 is 1.77 bits per heavy atom. The van der Waals surface area contributed by atoms with E-state index in [0.717, 1.165) is 82.3 Å². The van der Waals surface area contributed by atoms with Crippen molar-refractivity contribution in [3.8, 4) is 35.5 Å². The second-order valence-corrected chi connectivity index (χ2v) is 14.1. The zero-order chi connectivity index (χ0) is 39.4. The summed E-state index contributed by atoms with van der Waals surface area (Å²) in [5.74, 6) is 1.97. The van der Waals surface area contributed by atoms with Crippen molar-refractivity contribution in [3.05, 3.63) is 71.3 Å². The quantitative estimate of drug-likeness (QED) is 0.137. The molecule has 1 unspecified atom stereocenters. The highest BCUT2D eigenvalue weighted by molar-refractivity contribution is 6.02. The van der Waals surface area contributed by atoms with E-state index in [-0.39, 0.29) is 40.2 Å². The highest BCUT2D eigenvalue weighted by Gasteiger charge is 2.45. The number of rotatable bonds is 6.